The molecule has 6 heteroatoms. The summed E-state index contributed by atoms with van der Waals surface area (Å²) in [6.07, 6.45) is 0.216. The second kappa shape index (κ2) is 12.1. The molecule has 0 fully saturated rings. The van der Waals surface area contributed by atoms with Crippen molar-refractivity contribution < 1.29 is 29.6 Å². The van der Waals surface area contributed by atoms with Gasteiger partial charge in [0.15, 0.2) is 0 Å². The molecule has 2 unspecified atom stereocenters. The number of hydrogen-bond acceptors (Lipinski definition) is 5. The molecule has 0 rings (SSSR count). The smallest absolute Gasteiger partial charge is 0.333 e. The highest BCUT2D eigenvalue weighted by molar-refractivity contribution is 5.87. The number of aliphatic hydroxyl groups excluding tert-OH is 2. The van der Waals surface area contributed by atoms with E-state index in [1.807, 2.05) is 6.92 Å². The minimum atomic E-state index is -0.935. The number of carbonyl (C=O) groups is 2. The fourth-order valence-electron chi connectivity index (χ4n) is 0.936. The molecule has 6 nitrogen and oxygen atoms in total. The molecule has 0 aromatic rings. The first-order valence-corrected chi connectivity index (χ1v) is 6.71. The Kier molecular flexibility index (Phi) is 12.5. The van der Waals surface area contributed by atoms with E-state index in [1.54, 1.807) is 6.92 Å². The van der Waals surface area contributed by atoms with Gasteiger partial charge in [-0.05, 0) is 20.3 Å². The standard InChI is InChI=1S/C11H20O4.C4H6O2/c1-4-10(13)7-8(2)11(14)15-6-5-9(3)12;1-3(2)4(5)6/h9-10,12-13H,2,4-7H2,1,3H3;1H2,2H3,(H,5,6). The number of rotatable bonds is 8. The lowest BCUT2D eigenvalue weighted by Crippen LogP contribution is -2.15. The van der Waals surface area contributed by atoms with Crippen molar-refractivity contribution in [3.63, 3.8) is 0 Å². The van der Waals surface area contributed by atoms with Crippen LogP contribution in [0.25, 0.3) is 0 Å². The van der Waals surface area contributed by atoms with E-state index in [1.165, 1.54) is 6.92 Å². The maximum Gasteiger partial charge on any atom is 0.333 e. The van der Waals surface area contributed by atoms with Gasteiger partial charge in [-0.2, -0.15) is 0 Å². The molecule has 0 aliphatic heterocycles. The Hall–Kier alpha value is -1.66. The summed E-state index contributed by atoms with van der Waals surface area (Å²) in [5.74, 6) is -1.43. The second-order valence-electron chi connectivity index (χ2n) is 4.73. The van der Waals surface area contributed by atoms with Crippen molar-refractivity contribution in [1.29, 1.82) is 0 Å². The lowest BCUT2D eigenvalue weighted by molar-refractivity contribution is -0.140. The topological polar surface area (TPSA) is 104 Å². The van der Waals surface area contributed by atoms with Gasteiger partial charge in [0, 0.05) is 24.0 Å². The number of esters is 1. The Labute approximate surface area is 125 Å². The molecular formula is C15H26O6. The molecule has 122 valence electrons. The molecule has 0 aromatic carbocycles. The van der Waals surface area contributed by atoms with Crippen molar-refractivity contribution in [2.75, 3.05) is 6.61 Å². The molecule has 0 amide bonds. The second-order valence-corrected chi connectivity index (χ2v) is 4.73. The van der Waals surface area contributed by atoms with Crippen LogP contribution >= 0.6 is 0 Å². The summed E-state index contributed by atoms with van der Waals surface area (Å²) in [5.41, 5.74) is 0.449. The van der Waals surface area contributed by atoms with Crippen LogP contribution in [0.2, 0.25) is 0 Å². The van der Waals surface area contributed by atoms with E-state index < -0.39 is 24.1 Å². The van der Waals surface area contributed by atoms with Crippen LogP contribution in [-0.2, 0) is 14.3 Å². The minimum Gasteiger partial charge on any atom is -0.478 e. The van der Waals surface area contributed by atoms with Crippen LogP contribution in [0.1, 0.15) is 40.0 Å². The predicted octanol–water partition coefficient (Wildman–Crippen LogP) is 1.66. The molecule has 0 saturated heterocycles. The predicted molar refractivity (Wildman–Crippen MR) is 79.8 cm³/mol. The number of carbonyl (C=O) groups excluding carboxylic acids is 1. The quantitative estimate of drug-likeness (QED) is 0.465. The molecule has 21 heavy (non-hydrogen) atoms. The summed E-state index contributed by atoms with van der Waals surface area (Å²) in [7, 11) is 0. The van der Waals surface area contributed by atoms with Crippen LogP contribution in [0.5, 0.6) is 0 Å². The van der Waals surface area contributed by atoms with Gasteiger partial charge >= 0.3 is 11.9 Å². The molecule has 0 bridgehead atoms. The van der Waals surface area contributed by atoms with E-state index in [0.29, 0.717) is 12.8 Å². The number of carboxylic acid groups (broad SMARTS) is 1. The Bertz CT molecular complexity index is 347. The van der Waals surface area contributed by atoms with E-state index in [0.717, 1.165) is 0 Å². The first-order valence-electron chi connectivity index (χ1n) is 6.71. The van der Waals surface area contributed by atoms with Crippen LogP contribution < -0.4 is 0 Å². The monoisotopic (exact) mass is 302 g/mol. The molecule has 3 N–H and O–H groups in total. The molecule has 2 atom stereocenters. The van der Waals surface area contributed by atoms with Gasteiger partial charge in [-0.15, -0.1) is 0 Å². The molecule has 0 spiro atoms. The summed E-state index contributed by atoms with van der Waals surface area (Å²) in [6, 6.07) is 0. The van der Waals surface area contributed by atoms with Gasteiger partial charge in [-0.1, -0.05) is 20.1 Å². The third-order valence-corrected chi connectivity index (χ3v) is 2.38. The van der Waals surface area contributed by atoms with Crippen molar-refractivity contribution in [1.82, 2.24) is 0 Å². The largest absolute Gasteiger partial charge is 0.478 e. The normalized spacial score (nSPS) is 12.4. The maximum atomic E-state index is 11.3. The third-order valence-electron chi connectivity index (χ3n) is 2.38. The Morgan fingerprint density at radius 3 is 2.05 bits per heavy atom. The van der Waals surface area contributed by atoms with Crippen molar-refractivity contribution >= 4 is 11.9 Å². The number of carboxylic acids is 1. The number of aliphatic hydroxyl groups is 2. The summed E-state index contributed by atoms with van der Waals surface area (Å²) >= 11 is 0. The molecular weight excluding hydrogens is 276 g/mol. The fourth-order valence-corrected chi connectivity index (χ4v) is 0.936. The Morgan fingerprint density at radius 2 is 1.71 bits per heavy atom. The van der Waals surface area contributed by atoms with E-state index in [9.17, 15) is 14.7 Å². The van der Waals surface area contributed by atoms with Gasteiger partial charge in [0.25, 0.3) is 0 Å². The van der Waals surface area contributed by atoms with Crippen molar-refractivity contribution in [3.8, 4) is 0 Å². The van der Waals surface area contributed by atoms with Crippen molar-refractivity contribution in [2.24, 2.45) is 0 Å². The molecule has 0 aliphatic carbocycles. The summed E-state index contributed by atoms with van der Waals surface area (Å²) < 4.78 is 4.85. The van der Waals surface area contributed by atoms with Gasteiger partial charge in [0.1, 0.15) is 0 Å². The first kappa shape index (κ1) is 21.6. The first-order chi connectivity index (χ1) is 9.61. The van der Waals surface area contributed by atoms with Crippen LogP contribution in [0.4, 0.5) is 0 Å². The van der Waals surface area contributed by atoms with Gasteiger partial charge in [-0.25, -0.2) is 9.59 Å². The lowest BCUT2D eigenvalue weighted by atomic mass is 10.1. The van der Waals surface area contributed by atoms with Gasteiger partial charge in [0.2, 0.25) is 0 Å². The van der Waals surface area contributed by atoms with Crippen LogP contribution in [-0.4, -0.2) is 46.1 Å². The zero-order valence-corrected chi connectivity index (χ0v) is 13.0. The lowest BCUT2D eigenvalue weighted by Gasteiger charge is -2.10. The van der Waals surface area contributed by atoms with E-state index in [-0.39, 0.29) is 24.2 Å². The van der Waals surface area contributed by atoms with Crippen LogP contribution in [0, 0.1) is 0 Å². The van der Waals surface area contributed by atoms with Crippen molar-refractivity contribution in [2.45, 2.75) is 52.2 Å². The molecule has 0 aliphatic rings. The highest BCUT2D eigenvalue weighted by Gasteiger charge is 2.12. The highest BCUT2D eigenvalue weighted by Crippen LogP contribution is 2.08. The molecule has 0 radical (unpaired) electrons. The number of aliphatic carboxylic acids is 1. The number of ether oxygens (including phenoxy) is 1. The van der Waals surface area contributed by atoms with Crippen molar-refractivity contribution in [3.05, 3.63) is 24.3 Å². The van der Waals surface area contributed by atoms with Gasteiger partial charge < -0.3 is 20.1 Å². The summed E-state index contributed by atoms with van der Waals surface area (Å²) in [4.78, 5) is 20.9. The van der Waals surface area contributed by atoms with E-state index >= 15 is 0 Å². The maximum absolute atomic E-state index is 11.3. The average molecular weight is 302 g/mol. The van der Waals surface area contributed by atoms with Gasteiger partial charge in [0.05, 0.1) is 18.8 Å². The van der Waals surface area contributed by atoms with Crippen LogP contribution in [0.3, 0.4) is 0 Å². The highest BCUT2D eigenvalue weighted by atomic mass is 16.5. The summed E-state index contributed by atoms with van der Waals surface area (Å²) in [5, 5.41) is 26.1. The molecule has 0 saturated carbocycles. The minimum absolute atomic E-state index is 0.176. The summed E-state index contributed by atoms with van der Waals surface area (Å²) in [6.45, 7) is 11.8. The molecule has 0 aromatic heterocycles. The fraction of sp³-hybridized carbons (Fsp3) is 0.600. The van der Waals surface area contributed by atoms with E-state index in [4.69, 9.17) is 14.9 Å². The average Bonchev–Trinajstić information content (AvgIpc) is 2.38. The Balaban J connectivity index is 0. The number of hydrogen-bond donors (Lipinski definition) is 3. The zero-order valence-electron chi connectivity index (χ0n) is 13.0. The third kappa shape index (κ3) is 14.6. The van der Waals surface area contributed by atoms with Gasteiger partial charge in [-0.3, -0.25) is 0 Å². The van der Waals surface area contributed by atoms with Crippen LogP contribution in [0.15, 0.2) is 24.3 Å². The molecule has 0 heterocycles. The Morgan fingerprint density at radius 1 is 1.24 bits per heavy atom. The zero-order chi connectivity index (χ0) is 17.0. The van der Waals surface area contributed by atoms with E-state index in [2.05, 4.69) is 13.2 Å². The SMILES string of the molecule is C=C(C)C(=O)O.C=C(CC(O)CC)C(=O)OCCC(C)O.